The molecule has 0 amide bonds. The standard InChI is InChI=1S/C22H33N3O2S/c1-14-23-17(12-25-10-7-19(26)22(4,27)13-25)16-11-18(28-20(16)24-14)15-5-8-21(2,3)9-6-15/h11,15,19,26-27H,5-10,12-13H2,1-4H3/t19-,22-/m1/s1. The molecule has 1 aliphatic carbocycles. The highest BCUT2D eigenvalue weighted by Gasteiger charge is 2.37. The fourth-order valence-corrected chi connectivity index (χ4v) is 5.99. The van der Waals surface area contributed by atoms with Gasteiger partial charge in [0.25, 0.3) is 0 Å². The number of nitrogens with zero attached hydrogens (tertiary/aromatic N) is 3. The van der Waals surface area contributed by atoms with Crippen molar-refractivity contribution >= 4 is 21.6 Å². The average Bonchev–Trinajstić information content (AvgIpc) is 3.02. The number of hydrogen-bond donors (Lipinski definition) is 2. The zero-order chi connectivity index (χ0) is 20.1. The van der Waals surface area contributed by atoms with Crippen LogP contribution in [0.3, 0.4) is 0 Å². The molecule has 6 heteroatoms. The summed E-state index contributed by atoms with van der Waals surface area (Å²) < 4.78 is 0. The molecule has 0 unspecified atom stereocenters. The lowest BCUT2D eigenvalue weighted by Crippen LogP contribution is -2.54. The van der Waals surface area contributed by atoms with Crippen LogP contribution < -0.4 is 0 Å². The second-order valence-electron chi connectivity index (χ2n) is 9.90. The molecule has 28 heavy (non-hydrogen) atoms. The second kappa shape index (κ2) is 7.31. The number of aliphatic hydroxyl groups is 2. The predicted octanol–water partition coefficient (Wildman–Crippen LogP) is 4.00. The number of β-amino-alcohol motifs (C(OH)–C–C–N with tert-alkyl or cyclic N) is 1. The zero-order valence-electron chi connectivity index (χ0n) is 17.5. The molecule has 0 spiro atoms. The molecule has 1 saturated carbocycles. The molecule has 4 rings (SSSR count). The molecule has 2 fully saturated rings. The third-order valence-corrected chi connectivity index (χ3v) is 7.89. The van der Waals surface area contributed by atoms with Gasteiger partial charge in [0.15, 0.2) is 0 Å². The van der Waals surface area contributed by atoms with Crippen LogP contribution in [0.15, 0.2) is 6.07 Å². The highest BCUT2D eigenvalue weighted by molar-refractivity contribution is 7.18. The van der Waals surface area contributed by atoms with Crippen LogP contribution in [-0.4, -0.2) is 49.9 Å². The quantitative estimate of drug-likeness (QED) is 0.811. The van der Waals surface area contributed by atoms with E-state index in [-0.39, 0.29) is 0 Å². The van der Waals surface area contributed by atoms with Crippen molar-refractivity contribution in [3.8, 4) is 0 Å². The summed E-state index contributed by atoms with van der Waals surface area (Å²) in [6.45, 7) is 10.4. The Morgan fingerprint density at radius 3 is 2.57 bits per heavy atom. The summed E-state index contributed by atoms with van der Waals surface area (Å²) in [4.78, 5) is 14.2. The minimum atomic E-state index is -1.06. The molecule has 2 N–H and O–H groups in total. The van der Waals surface area contributed by atoms with Crippen LogP contribution in [0, 0.1) is 12.3 Å². The molecule has 0 radical (unpaired) electrons. The van der Waals surface area contributed by atoms with Gasteiger partial charge >= 0.3 is 0 Å². The van der Waals surface area contributed by atoms with Crippen molar-refractivity contribution in [2.24, 2.45) is 5.41 Å². The van der Waals surface area contributed by atoms with Gasteiger partial charge in [0.2, 0.25) is 0 Å². The number of aliphatic hydroxyl groups excluding tert-OH is 1. The van der Waals surface area contributed by atoms with Gasteiger partial charge in [-0.15, -0.1) is 11.3 Å². The predicted molar refractivity (Wildman–Crippen MR) is 114 cm³/mol. The van der Waals surface area contributed by atoms with Crippen LogP contribution in [0.1, 0.15) is 75.2 Å². The maximum Gasteiger partial charge on any atom is 0.127 e. The van der Waals surface area contributed by atoms with Crippen LogP contribution in [0.5, 0.6) is 0 Å². The Hall–Kier alpha value is -1.08. The van der Waals surface area contributed by atoms with E-state index >= 15 is 0 Å². The molecule has 1 saturated heterocycles. The Labute approximate surface area is 171 Å². The Balaban J connectivity index is 1.58. The SMILES string of the molecule is Cc1nc(CN2CC[C@@H](O)[C@](C)(O)C2)c2cc(C3CCC(C)(C)CC3)sc2n1. The molecular weight excluding hydrogens is 370 g/mol. The van der Waals surface area contributed by atoms with Crippen LogP contribution in [-0.2, 0) is 6.54 Å². The van der Waals surface area contributed by atoms with Gasteiger partial charge in [0.1, 0.15) is 16.3 Å². The normalized spacial score (nSPS) is 29.4. The third-order valence-electron chi connectivity index (χ3n) is 6.70. The number of thiophene rings is 1. The molecule has 154 valence electrons. The fraction of sp³-hybridized carbons (Fsp3) is 0.727. The zero-order valence-corrected chi connectivity index (χ0v) is 18.3. The van der Waals surface area contributed by atoms with Gasteiger partial charge in [0, 0.05) is 29.9 Å². The third kappa shape index (κ3) is 4.11. The summed E-state index contributed by atoms with van der Waals surface area (Å²) in [6.07, 6.45) is 5.03. The van der Waals surface area contributed by atoms with Crippen molar-refractivity contribution in [3.05, 3.63) is 22.5 Å². The fourth-order valence-electron chi connectivity index (χ4n) is 4.72. The highest BCUT2D eigenvalue weighted by atomic mass is 32.1. The lowest BCUT2D eigenvalue weighted by atomic mass is 9.73. The number of hydrogen-bond acceptors (Lipinski definition) is 6. The average molecular weight is 404 g/mol. The van der Waals surface area contributed by atoms with Crippen LogP contribution in [0.4, 0.5) is 0 Å². The van der Waals surface area contributed by atoms with Crippen molar-refractivity contribution in [2.45, 2.75) is 84.0 Å². The van der Waals surface area contributed by atoms with E-state index in [1.54, 1.807) is 6.92 Å². The molecular formula is C22H33N3O2S. The molecule has 3 heterocycles. The molecule has 5 nitrogen and oxygen atoms in total. The minimum absolute atomic E-state index is 0.466. The summed E-state index contributed by atoms with van der Waals surface area (Å²) in [7, 11) is 0. The molecule has 0 aromatic carbocycles. The number of piperidine rings is 1. The summed E-state index contributed by atoms with van der Waals surface area (Å²) in [5.74, 6) is 1.45. The largest absolute Gasteiger partial charge is 0.390 e. The molecule has 0 bridgehead atoms. The van der Waals surface area contributed by atoms with Gasteiger partial charge in [-0.05, 0) is 63.4 Å². The number of aromatic nitrogens is 2. The summed E-state index contributed by atoms with van der Waals surface area (Å²) in [5.41, 5.74) is 0.465. The maximum absolute atomic E-state index is 10.5. The topological polar surface area (TPSA) is 69.5 Å². The Morgan fingerprint density at radius 2 is 1.89 bits per heavy atom. The summed E-state index contributed by atoms with van der Waals surface area (Å²) >= 11 is 1.84. The van der Waals surface area contributed by atoms with Crippen molar-refractivity contribution in [1.82, 2.24) is 14.9 Å². The maximum atomic E-state index is 10.5. The summed E-state index contributed by atoms with van der Waals surface area (Å²) in [5, 5.41) is 21.6. The Kier molecular flexibility index (Phi) is 5.28. The number of rotatable bonds is 3. The van der Waals surface area contributed by atoms with Crippen LogP contribution in [0.25, 0.3) is 10.2 Å². The van der Waals surface area contributed by atoms with E-state index < -0.39 is 11.7 Å². The smallest absolute Gasteiger partial charge is 0.127 e. The number of aryl methyl sites for hydroxylation is 1. The number of likely N-dealkylation sites (tertiary alicyclic amines) is 1. The number of fused-ring (bicyclic) bond motifs is 1. The Morgan fingerprint density at radius 1 is 1.18 bits per heavy atom. The van der Waals surface area contributed by atoms with Gasteiger partial charge in [-0.25, -0.2) is 9.97 Å². The second-order valence-corrected chi connectivity index (χ2v) is 11.0. The van der Waals surface area contributed by atoms with Crippen molar-refractivity contribution in [1.29, 1.82) is 0 Å². The van der Waals surface area contributed by atoms with Crippen LogP contribution in [0.2, 0.25) is 0 Å². The first-order valence-electron chi connectivity index (χ1n) is 10.5. The van der Waals surface area contributed by atoms with E-state index in [9.17, 15) is 10.2 Å². The monoisotopic (exact) mass is 403 g/mol. The first-order valence-corrected chi connectivity index (χ1v) is 11.3. The van der Waals surface area contributed by atoms with E-state index in [0.29, 0.717) is 30.8 Å². The minimum Gasteiger partial charge on any atom is -0.390 e. The van der Waals surface area contributed by atoms with Crippen LogP contribution >= 0.6 is 11.3 Å². The van der Waals surface area contributed by atoms with Gasteiger partial charge in [-0.2, -0.15) is 0 Å². The van der Waals surface area contributed by atoms with Gasteiger partial charge in [0.05, 0.1) is 11.8 Å². The molecule has 2 aliphatic rings. The van der Waals surface area contributed by atoms with E-state index in [0.717, 1.165) is 22.9 Å². The first-order chi connectivity index (χ1) is 13.1. The molecule has 2 atom stereocenters. The van der Waals surface area contributed by atoms with Gasteiger partial charge < -0.3 is 10.2 Å². The van der Waals surface area contributed by atoms with E-state index in [1.807, 2.05) is 18.3 Å². The first kappa shape index (κ1) is 20.2. The van der Waals surface area contributed by atoms with E-state index in [1.165, 1.54) is 35.9 Å². The van der Waals surface area contributed by atoms with Crippen molar-refractivity contribution in [3.63, 3.8) is 0 Å². The van der Waals surface area contributed by atoms with E-state index in [4.69, 9.17) is 9.97 Å². The van der Waals surface area contributed by atoms with Gasteiger partial charge in [-0.3, -0.25) is 4.90 Å². The lowest BCUT2D eigenvalue weighted by molar-refractivity contribution is -0.110. The van der Waals surface area contributed by atoms with Gasteiger partial charge in [-0.1, -0.05) is 13.8 Å². The Bertz CT molecular complexity index is 851. The molecule has 2 aromatic rings. The molecule has 2 aromatic heterocycles. The lowest BCUT2D eigenvalue weighted by Gasteiger charge is -2.40. The molecule has 1 aliphatic heterocycles. The van der Waals surface area contributed by atoms with E-state index in [2.05, 4.69) is 24.8 Å². The van der Waals surface area contributed by atoms with Crippen molar-refractivity contribution in [2.75, 3.05) is 13.1 Å². The summed E-state index contributed by atoms with van der Waals surface area (Å²) in [6, 6.07) is 2.33. The van der Waals surface area contributed by atoms with Crippen molar-refractivity contribution < 1.29 is 10.2 Å². The highest BCUT2D eigenvalue weighted by Crippen LogP contribution is 2.45.